The number of hydrogen-bond acceptors (Lipinski definition) is 5. The van der Waals surface area contributed by atoms with E-state index in [9.17, 15) is 4.79 Å². The number of nitrogens with one attached hydrogen (secondary N) is 2. The molecule has 1 aromatic heterocycles. The van der Waals surface area contributed by atoms with Gasteiger partial charge in [-0.1, -0.05) is 12.1 Å². The van der Waals surface area contributed by atoms with E-state index in [1.807, 2.05) is 36.4 Å². The lowest BCUT2D eigenvalue weighted by molar-refractivity contribution is -0.115. The Hall–Kier alpha value is -2.60. The molecule has 0 aliphatic carbocycles. The number of amides is 1. The lowest BCUT2D eigenvalue weighted by atomic mass is 10.1. The van der Waals surface area contributed by atoms with Crippen LogP contribution in [-0.2, 0) is 11.2 Å². The maximum Gasteiger partial charge on any atom is 0.228 e. The van der Waals surface area contributed by atoms with Crippen LogP contribution in [0.3, 0.4) is 0 Å². The number of ether oxygens (including phenoxy) is 1. The third-order valence-corrected chi connectivity index (χ3v) is 3.71. The highest BCUT2D eigenvalue weighted by atomic mass is 16.5. The standard InChI is InChI=1S/C19H25N3O3/c1-25-17-8-5-15(6-9-17)13-19(24)22-16-7-10-18(21-14-16)20-11-3-2-4-12-23/h5-10,14,23H,2-4,11-13H2,1H3,(H,20,21)(H,22,24). The summed E-state index contributed by atoms with van der Waals surface area (Å²) in [6.07, 6.45) is 4.75. The number of aliphatic hydroxyl groups excluding tert-OH is 1. The van der Waals surface area contributed by atoms with Crippen molar-refractivity contribution in [1.82, 2.24) is 4.98 Å². The van der Waals surface area contributed by atoms with E-state index in [0.717, 1.165) is 42.9 Å². The van der Waals surface area contributed by atoms with Gasteiger partial charge in [0.05, 0.1) is 25.4 Å². The van der Waals surface area contributed by atoms with Gasteiger partial charge in [0.25, 0.3) is 0 Å². The highest BCUT2D eigenvalue weighted by molar-refractivity contribution is 5.92. The summed E-state index contributed by atoms with van der Waals surface area (Å²) in [6, 6.07) is 11.1. The van der Waals surface area contributed by atoms with Gasteiger partial charge in [-0.15, -0.1) is 0 Å². The van der Waals surface area contributed by atoms with E-state index in [4.69, 9.17) is 9.84 Å². The molecule has 6 nitrogen and oxygen atoms in total. The number of rotatable bonds is 10. The zero-order valence-electron chi connectivity index (χ0n) is 14.5. The summed E-state index contributed by atoms with van der Waals surface area (Å²) in [4.78, 5) is 16.4. The van der Waals surface area contributed by atoms with Crippen LogP contribution in [0.2, 0.25) is 0 Å². The third kappa shape index (κ3) is 6.81. The van der Waals surface area contributed by atoms with E-state index in [-0.39, 0.29) is 12.5 Å². The fraction of sp³-hybridized carbons (Fsp3) is 0.368. The molecule has 1 heterocycles. The number of aromatic nitrogens is 1. The third-order valence-electron chi connectivity index (χ3n) is 3.71. The van der Waals surface area contributed by atoms with Crippen LogP contribution >= 0.6 is 0 Å². The van der Waals surface area contributed by atoms with Crippen molar-refractivity contribution in [3.05, 3.63) is 48.2 Å². The van der Waals surface area contributed by atoms with Gasteiger partial charge < -0.3 is 20.5 Å². The molecule has 0 saturated heterocycles. The molecule has 2 rings (SSSR count). The fourth-order valence-electron chi connectivity index (χ4n) is 2.34. The van der Waals surface area contributed by atoms with Crippen LogP contribution < -0.4 is 15.4 Å². The summed E-state index contributed by atoms with van der Waals surface area (Å²) >= 11 is 0. The maximum absolute atomic E-state index is 12.1. The normalized spacial score (nSPS) is 10.3. The smallest absolute Gasteiger partial charge is 0.228 e. The summed E-state index contributed by atoms with van der Waals surface area (Å²) in [7, 11) is 1.61. The first-order valence-electron chi connectivity index (χ1n) is 8.45. The lowest BCUT2D eigenvalue weighted by Crippen LogP contribution is -2.14. The van der Waals surface area contributed by atoms with Crippen molar-refractivity contribution < 1.29 is 14.6 Å². The van der Waals surface area contributed by atoms with Crippen molar-refractivity contribution >= 4 is 17.4 Å². The number of carbonyl (C=O) groups excluding carboxylic acids is 1. The molecule has 0 radical (unpaired) electrons. The van der Waals surface area contributed by atoms with Gasteiger partial charge in [0.15, 0.2) is 0 Å². The maximum atomic E-state index is 12.1. The second-order valence-electron chi connectivity index (χ2n) is 5.72. The van der Waals surface area contributed by atoms with Crippen LogP contribution in [-0.4, -0.2) is 36.3 Å². The number of pyridine rings is 1. The van der Waals surface area contributed by atoms with Crippen LogP contribution in [0.1, 0.15) is 24.8 Å². The van der Waals surface area contributed by atoms with Crippen molar-refractivity contribution in [3.63, 3.8) is 0 Å². The molecule has 0 unspecified atom stereocenters. The number of benzene rings is 1. The first-order valence-corrected chi connectivity index (χ1v) is 8.45. The summed E-state index contributed by atoms with van der Waals surface area (Å²) < 4.78 is 5.10. The Labute approximate surface area is 148 Å². The lowest BCUT2D eigenvalue weighted by Gasteiger charge is -2.08. The zero-order chi connectivity index (χ0) is 17.9. The number of aliphatic hydroxyl groups is 1. The topological polar surface area (TPSA) is 83.5 Å². The van der Waals surface area contributed by atoms with Crippen LogP contribution in [0.4, 0.5) is 11.5 Å². The molecule has 0 atom stereocenters. The SMILES string of the molecule is COc1ccc(CC(=O)Nc2ccc(NCCCCCO)nc2)cc1. The number of anilines is 2. The van der Waals surface area contributed by atoms with Crippen molar-refractivity contribution in [3.8, 4) is 5.75 Å². The van der Waals surface area contributed by atoms with Gasteiger partial charge in [0, 0.05) is 13.2 Å². The summed E-state index contributed by atoms with van der Waals surface area (Å²) in [5.74, 6) is 1.46. The predicted molar refractivity (Wildman–Crippen MR) is 99.0 cm³/mol. The summed E-state index contributed by atoms with van der Waals surface area (Å²) in [5.41, 5.74) is 1.59. The molecule has 6 heteroatoms. The molecule has 1 amide bonds. The highest BCUT2D eigenvalue weighted by Crippen LogP contribution is 2.13. The Kier molecular flexibility index (Phi) is 7.72. The average Bonchev–Trinajstić information content (AvgIpc) is 2.63. The zero-order valence-corrected chi connectivity index (χ0v) is 14.5. The molecular weight excluding hydrogens is 318 g/mol. The van der Waals surface area contributed by atoms with E-state index in [1.54, 1.807) is 13.3 Å². The monoisotopic (exact) mass is 343 g/mol. The van der Waals surface area contributed by atoms with Crippen molar-refractivity contribution in [1.29, 1.82) is 0 Å². The minimum atomic E-state index is -0.0864. The second-order valence-corrected chi connectivity index (χ2v) is 5.72. The molecule has 2 aromatic rings. The highest BCUT2D eigenvalue weighted by Gasteiger charge is 2.05. The van der Waals surface area contributed by atoms with Crippen LogP contribution in [0.5, 0.6) is 5.75 Å². The molecule has 0 saturated carbocycles. The Bertz CT molecular complexity index is 642. The summed E-state index contributed by atoms with van der Waals surface area (Å²) in [5, 5.41) is 14.8. The van der Waals surface area contributed by atoms with Gasteiger partial charge >= 0.3 is 0 Å². The van der Waals surface area contributed by atoms with Crippen molar-refractivity contribution in [2.45, 2.75) is 25.7 Å². The van der Waals surface area contributed by atoms with Gasteiger partial charge in [0.2, 0.25) is 5.91 Å². The quantitative estimate of drug-likeness (QED) is 0.578. The Balaban J connectivity index is 1.76. The predicted octanol–water partition coefficient (Wildman–Crippen LogP) is 2.85. The van der Waals surface area contributed by atoms with Gasteiger partial charge in [-0.05, 0) is 49.1 Å². The Morgan fingerprint density at radius 1 is 1.12 bits per heavy atom. The number of methoxy groups -OCH3 is 1. The van der Waals surface area contributed by atoms with Gasteiger partial charge in [0.1, 0.15) is 11.6 Å². The first kappa shape index (κ1) is 18.7. The molecule has 134 valence electrons. The number of nitrogens with zero attached hydrogens (tertiary/aromatic N) is 1. The molecule has 0 spiro atoms. The fourth-order valence-corrected chi connectivity index (χ4v) is 2.34. The van der Waals surface area contributed by atoms with Gasteiger partial charge in [-0.25, -0.2) is 4.98 Å². The van der Waals surface area contributed by atoms with Gasteiger partial charge in [-0.2, -0.15) is 0 Å². The second kappa shape index (κ2) is 10.3. The molecular formula is C19H25N3O3. The number of hydrogen-bond donors (Lipinski definition) is 3. The first-order chi connectivity index (χ1) is 12.2. The van der Waals surface area contributed by atoms with E-state index >= 15 is 0 Å². The molecule has 0 aliphatic heterocycles. The van der Waals surface area contributed by atoms with Crippen molar-refractivity contribution in [2.75, 3.05) is 30.9 Å². The molecule has 3 N–H and O–H groups in total. The minimum absolute atomic E-state index is 0.0864. The van der Waals surface area contributed by atoms with E-state index < -0.39 is 0 Å². The molecule has 25 heavy (non-hydrogen) atoms. The molecule has 0 aliphatic rings. The van der Waals surface area contributed by atoms with Crippen LogP contribution in [0, 0.1) is 0 Å². The Morgan fingerprint density at radius 3 is 2.56 bits per heavy atom. The van der Waals surface area contributed by atoms with E-state index in [0.29, 0.717) is 12.1 Å². The number of unbranched alkanes of at least 4 members (excludes halogenated alkanes) is 2. The van der Waals surface area contributed by atoms with E-state index in [2.05, 4.69) is 15.6 Å². The van der Waals surface area contributed by atoms with Crippen LogP contribution in [0.15, 0.2) is 42.6 Å². The largest absolute Gasteiger partial charge is 0.497 e. The van der Waals surface area contributed by atoms with Crippen molar-refractivity contribution in [2.24, 2.45) is 0 Å². The van der Waals surface area contributed by atoms with E-state index in [1.165, 1.54) is 0 Å². The summed E-state index contributed by atoms with van der Waals surface area (Å²) in [6.45, 7) is 1.05. The molecule has 1 aromatic carbocycles. The van der Waals surface area contributed by atoms with Gasteiger partial charge in [-0.3, -0.25) is 4.79 Å². The number of carbonyl (C=O) groups is 1. The molecule has 0 bridgehead atoms. The minimum Gasteiger partial charge on any atom is -0.497 e. The Morgan fingerprint density at radius 2 is 1.92 bits per heavy atom. The average molecular weight is 343 g/mol. The van der Waals surface area contributed by atoms with Crippen LogP contribution in [0.25, 0.3) is 0 Å². The molecule has 0 fully saturated rings.